The Morgan fingerprint density at radius 2 is 2.00 bits per heavy atom. The van der Waals surface area contributed by atoms with Crippen molar-refractivity contribution in [3.8, 4) is 0 Å². The molecule has 0 radical (unpaired) electrons. The molecule has 0 fully saturated rings. The molecule has 0 saturated carbocycles. The summed E-state index contributed by atoms with van der Waals surface area (Å²) < 4.78 is 1.09. The summed E-state index contributed by atoms with van der Waals surface area (Å²) in [4.78, 5) is 11.9. The van der Waals surface area contributed by atoms with Crippen LogP contribution in [0.4, 0.5) is 0 Å². The second kappa shape index (κ2) is 4.80. The number of carboxylic acids is 1. The molecule has 1 aromatic carbocycles. The standard InChI is InChI=1S/C12H9BrO2S/c13-10-6-11(16-7-10)5-8-1-3-9(4-2-8)12(14)15/h1-4,6-7H,5H2,(H,14,15). The highest BCUT2D eigenvalue weighted by Crippen LogP contribution is 2.22. The molecule has 0 aliphatic heterocycles. The number of thiophene rings is 1. The van der Waals surface area contributed by atoms with E-state index in [1.165, 1.54) is 4.88 Å². The van der Waals surface area contributed by atoms with Crippen LogP contribution < -0.4 is 0 Å². The molecule has 0 amide bonds. The van der Waals surface area contributed by atoms with Crippen LogP contribution in [-0.2, 0) is 6.42 Å². The third-order valence-electron chi connectivity index (χ3n) is 2.20. The van der Waals surface area contributed by atoms with Gasteiger partial charge in [-0.05, 0) is 39.7 Å². The van der Waals surface area contributed by atoms with Crippen molar-refractivity contribution in [2.45, 2.75) is 6.42 Å². The molecule has 82 valence electrons. The number of carbonyl (C=O) groups is 1. The third-order valence-corrected chi connectivity index (χ3v) is 3.90. The van der Waals surface area contributed by atoms with Crippen LogP contribution in [0.5, 0.6) is 0 Å². The number of hydrogen-bond acceptors (Lipinski definition) is 2. The Labute approximate surface area is 106 Å². The van der Waals surface area contributed by atoms with E-state index in [0.717, 1.165) is 16.5 Å². The molecule has 2 rings (SSSR count). The molecule has 2 aromatic rings. The molecule has 4 heteroatoms. The zero-order valence-corrected chi connectivity index (χ0v) is 10.7. The van der Waals surface area contributed by atoms with Gasteiger partial charge in [0, 0.05) is 21.2 Å². The first-order chi connectivity index (χ1) is 7.65. The normalized spacial score (nSPS) is 10.3. The Kier molecular flexibility index (Phi) is 3.41. The van der Waals surface area contributed by atoms with E-state index in [-0.39, 0.29) is 0 Å². The summed E-state index contributed by atoms with van der Waals surface area (Å²) >= 11 is 5.10. The van der Waals surface area contributed by atoms with E-state index in [1.807, 2.05) is 17.5 Å². The van der Waals surface area contributed by atoms with Gasteiger partial charge in [-0.3, -0.25) is 0 Å². The topological polar surface area (TPSA) is 37.3 Å². The van der Waals surface area contributed by atoms with Crippen LogP contribution in [0.2, 0.25) is 0 Å². The Morgan fingerprint density at radius 1 is 1.31 bits per heavy atom. The molecule has 0 aliphatic rings. The maximum atomic E-state index is 10.7. The minimum atomic E-state index is -0.884. The smallest absolute Gasteiger partial charge is 0.335 e. The molecule has 0 atom stereocenters. The molecule has 0 saturated heterocycles. The van der Waals surface area contributed by atoms with Crippen LogP contribution >= 0.6 is 27.3 Å². The first-order valence-electron chi connectivity index (χ1n) is 4.70. The Morgan fingerprint density at radius 3 is 2.50 bits per heavy atom. The fraction of sp³-hybridized carbons (Fsp3) is 0.0833. The lowest BCUT2D eigenvalue weighted by molar-refractivity contribution is 0.0697. The highest BCUT2D eigenvalue weighted by atomic mass is 79.9. The van der Waals surface area contributed by atoms with Crippen molar-refractivity contribution in [2.24, 2.45) is 0 Å². The van der Waals surface area contributed by atoms with Crippen molar-refractivity contribution in [3.05, 3.63) is 56.2 Å². The lowest BCUT2D eigenvalue weighted by Crippen LogP contribution is -1.96. The number of rotatable bonds is 3. The first-order valence-corrected chi connectivity index (χ1v) is 6.37. The summed E-state index contributed by atoms with van der Waals surface area (Å²) in [6.07, 6.45) is 0.843. The second-order valence-electron chi connectivity index (χ2n) is 3.41. The summed E-state index contributed by atoms with van der Waals surface area (Å²) in [7, 11) is 0. The van der Waals surface area contributed by atoms with Crippen LogP contribution in [0.1, 0.15) is 20.8 Å². The zero-order valence-electron chi connectivity index (χ0n) is 8.31. The Hall–Kier alpha value is -1.13. The van der Waals surface area contributed by atoms with Gasteiger partial charge in [0.05, 0.1) is 5.56 Å². The molecule has 1 aromatic heterocycles. The molecule has 0 unspecified atom stereocenters. The molecule has 0 bridgehead atoms. The second-order valence-corrected chi connectivity index (χ2v) is 5.32. The van der Waals surface area contributed by atoms with Crippen LogP contribution in [0.3, 0.4) is 0 Å². The van der Waals surface area contributed by atoms with Crippen LogP contribution in [0.25, 0.3) is 0 Å². The van der Waals surface area contributed by atoms with Crippen LogP contribution in [0, 0.1) is 0 Å². The van der Waals surface area contributed by atoms with Gasteiger partial charge >= 0.3 is 5.97 Å². The number of hydrogen-bond donors (Lipinski definition) is 1. The average molecular weight is 297 g/mol. The lowest BCUT2D eigenvalue weighted by Gasteiger charge is -1.99. The van der Waals surface area contributed by atoms with Gasteiger partial charge in [-0.1, -0.05) is 12.1 Å². The molecule has 16 heavy (non-hydrogen) atoms. The summed E-state index contributed by atoms with van der Waals surface area (Å²) in [6.45, 7) is 0. The monoisotopic (exact) mass is 296 g/mol. The van der Waals surface area contributed by atoms with E-state index >= 15 is 0 Å². The van der Waals surface area contributed by atoms with Gasteiger partial charge < -0.3 is 5.11 Å². The predicted molar refractivity (Wildman–Crippen MR) is 68.2 cm³/mol. The molecule has 2 nitrogen and oxygen atoms in total. The zero-order chi connectivity index (χ0) is 11.5. The molecule has 1 N–H and O–H groups in total. The van der Waals surface area contributed by atoms with Crippen molar-refractivity contribution in [1.29, 1.82) is 0 Å². The van der Waals surface area contributed by atoms with Crippen molar-refractivity contribution in [2.75, 3.05) is 0 Å². The van der Waals surface area contributed by atoms with Crippen LogP contribution in [0.15, 0.2) is 40.2 Å². The van der Waals surface area contributed by atoms with E-state index < -0.39 is 5.97 Å². The largest absolute Gasteiger partial charge is 0.478 e. The molecule has 0 aliphatic carbocycles. The highest BCUT2D eigenvalue weighted by Gasteiger charge is 2.03. The Bertz CT molecular complexity index is 502. The number of aromatic carboxylic acids is 1. The first kappa shape index (κ1) is 11.4. The van der Waals surface area contributed by atoms with E-state index in [2.05, 4.69) is 22.0 Å². The van der Waals surface area contributed by atoms with Gasteiger partial charge in [-0.15, -0.1) is 11.3 Å². The van der Waals surface area contributed by atoms with E-state index in [0.29, 0.717) is 5.56 Å². The van der Waals surface area contributed by atoms with Crippen molar-refractivity contribution in [3.63, 3.8) is 0 Å². The van der Waals surface area contributed by atoms with Gasteiger partial charge in [-0.25, -0.2) is 4.79 Å². The van der Waals surface area contributed by atoms with Gasteiger partial charge in [-0.2, -0.15) is 0 Å². The third kappa shape index (κ3) is 2.71. The van der Waals surface area contributed by atoms with E-state index in [1.54, 1.807) is 23.5 Å². The average Bonchev–Trinajstić information content (AvgIpc) is 2.65. The minimum absolute atomic E-state index is 0.330. The fourth-order valence-corrected chi connectivity index (χ4v) is 2.90. The SMILES string of the molecule is O=C(O)c1ccc(Cc2cc(Br)cs2)cc1. The number of benzene rings is 1. The molecular formula is C12H9BrO2S. The molecule has 1 heterocycles. The van der Waals surface area contributed by atoms with Crippen molar-refractivity contribution in [1.82, 2.24) is 0 Å². The highest BCUT2D eigenvalue weighted by molar-refractivity contribution is 9.10. The maximum Gasteiger partial charge on any atom is 0.335 e. The Balaban J connectivity index is 2.14. The summed E-state index contributed by atoms with van der Waals surface area (Å²) in [5.74, 6) is -0.884. The van der Waals surface area contributed by atoms with Gasteiger partial charge in [0.2, 0.25) is 0 Å². The van der Waals surface area contributed by atoms with E-state index in [4.69, 9.17) is 5.11 Å². The summed E-state index contributed by atoms with van der Waals surface area (Å²) in [5, 5.41) is 10.8. The summed E-state index contributed by atoms with van der Waals surface area (Å²) in [6, 6.07) is 9.07. The van der Waals surface area contributed by atoms with Crippen LogP contribution in [-0.4, -0.2) is 11.1 Å². The van der Waals surface area contributed by atoms with Gasteiger partial charge in [0.1, 0.15) is 0 Å². The fourth-order valence-electron chi connectivity index (χ4n) is 1.41. The van der Waals surface area contributed by atoms with Crippen molar-refractivity contribution >= 4 is 33.2 Å². The van der Waals surface area contributed by atoms with Gasteiger partial charge in [0.15, 0.2) is 0 Å². The van der Waals surface area contributed by atoms with E-state index in [9.17, 15) is 4.79 Å². The molecular weight excluding hydrogens is 288 g/mol. The lowest BCUT2D eigenvalue weighted by atomic mass is 10.1. The molecule has 0 spiro atoms. The predicted octanol–water partition coefficient (Wildman–Crippen LogP) is 3.80. The van der Waals surface area contributed by atoms with Gasteiger partial charge in [0.25, 0.3) is 0 Å². The van der Waals surface area contributed by atoms with Crippen molar-refractivity contribution < 1.29 is 9.90 Å². The summed E-state index contributed by atoms with van der Waals surface area (Å²) in [5.41, 5.74) is 1.45. The number of carboxylic acid groups (broad SMARTS) is 1. The maximum absolute atomic E-state index is 10.7. The number of halogens is 1. The minimum Gasteiger partial charge on any atom is -0.478 e. The quantitative estimate of drug-likeness (QED) is 0.935.